The van der Waals surface area contributed by atoms with Crippen LogP contribution in [-0.4, -0.2) is 22.3 Å². The number of halogens is 3. The zero-order chi connectivity index (χ0) is 13.9. The minimum Gasteiger partial charge on any atom is -0.349 e. The van der Waals surface area contributed by atoms with Crippen LogP contribution in [0.25, 0.3) is 0 Å². The number of aryl methyl sites for hydroxylation is 2. The molecular weight excluding hydrogens is 247 g/mol. The maximum absolute atomic E-state index is 12.0. The van der Waals surface area contributed by atoms with Gasteiger partial charge in [0.1, 0.15) is 0 Å². The van der Waals surface area contributed by atoms with Crippen LogP contribution in [-0.2, 0) is 4.79 Å². The fraction of sp³-hybridized carbons (Fsp3) is 0.636. The molecule has 1 rings (SSSR count). The van der Waals surface area contributed by atoms with Crippen LogP contribution in [0.15, 0.2) is 0 Å². The number of aromatic amines is 1. The monoisotopic (exact) mass is 263 g/mol. The largest absolute Gasteiger partial charge is 0.389 e. The number of H-pyrrole nitrogens is 1. The first-order valence-electron chi connectivity index (χ1n) is 5.58. The summed E-state index contributed by atoms with van der Waals surface area (Å²) in [7, 11) is 0. The molecule has 1 aromatic heterocycles. The van der Waals surface area contributed by atoms with E-state index >= 15 is 0 Å². The van der Waals surface area contributed by atoms with Crippen LogP contribution in [0.4, 0.5) is 13.2 Å². The smallest absolute Gasteiger partial charge is 0.349 e. The minimum atomic E-state index is -4.30. The number of amides is 1. The molecule has 7 heteroatoms. The second-order valence-corrected chi connectivity index (χ2v) is 4.25. The molecule has 0 aromatic carbocycles. The molecule has 4 nitrogen and oxygen atoms in total. The Morgan fingerprint density at radius 1 is 1.44 bits per heavy atom. The van der Waals surface area contributed by atoms with E-state index in [0.717, 1.165) is 17.0 Å². The van der Waals surface area contributed by atoms with Crippen LogP contribution >= 0.6 is 0 Å². The van der Waals surface area contributed by atoms with Gasteiger partial charge in [-0.3, -0.25) is 9.89 Å². The molecule has 0 aliphatic heterocycles. The Hall–Kier alpha value is -1.53. The molecule has 0 saturated heterocycles. The molecule has 0 saturated carbocycles. The number of hydrogen-bond donors (Lipinski definition) is 2. The van der Waals surface area contributed by atoms with Gasteiger partial charge in [-0.1, -0.05) is 0 Å². The number of nitrogens with one attached hydrogen (secondary N) is 2. The van der Waals surface area contributed by atoms with Crippen molar-refractivity contribution in [1.29, 1.82) is 0 Å². The van der Waals surface area contributed by atoms with E-state index in [1.165, 1.54) is 0 Å². The fourth-order valence-electron chi connectivity index (χ4n) is 1.84. The van der Waals surface area contributed by atoms with E-state index in [9.17, 15) is 18.0 Å². The standard InChI is InChI=1S/C11H16F3N3O/c1-6(10-7(2)16-17-8(10)3)15-9(18)4-5-11(12,13)14/h6H,4-5H2,1-3H3,(H,15,18)(H,16,17)/t6-/m1/s1. The minimum absolute atomic E-state index is 0.357. The number of hydrogen-bond acceptors (Lipinski definition) is 2. The van der Waals surface area contributed by atoms with Crippen LogP contribution in [0, 0.1) is 13.8 Å². The zero-order valence-electron chi connectivity index (χ0n) is 10.5. The van der Waals surface area contributed by atoms with Gasteiger partial charge in [-0.15, -0.1) is 0 Å². The van der Waals surface area contributed by atoms with Gasteiger partial charge in [0.2, 0.25) is 5.91 Å². The van der Waals surface area contributed by atoms with Crippen molar-refractivity contribution in [1.82, 2.24) is 15.5 Å². The SMILES string of the molecule is Cc1n[nH]c(C)c1[C@@H](C)NC(=O)CCC(F)(F)F. The number of aromatic nitrogens is 2. The Morgan fingerprint density at radius 2 is 2.06 bits per heavy atom. The Kier molecular flexibility index (Phi) is 4.37. The lowest BCUT2D eigenvalue weighted by atomic mass is 10.1. The van der Waals surface area contributed by atoms with E-state index in [2.05, 4.69) is 15.5 Å². The molecule has 102 valence electrons. The molecule has 0 aliphatic rings. The molecule has 1 aromatic rings. The summed E-state index contributed by atoms with van der Waals surface area (Å²) >= 11 is 0. The van der Waals surface area contributed by atoms with Gasteiger partial charge in [-0.05, 0) is 20.8 Å². The van der Waals surface area contributed by atoms with Crippen molar-refractivity contribution in [3.63, 3.8) is 0 Å². The van der Waals surface area contributed by atoms with E-state index in [-0.39, 0.29) is 6.04 Å². The third kappa shape index (κ3) is 4.05. The van der Waals surface area contributed by atoms with E-state index in [1.54, 1.807) is 20.8 Å². The first-order valence-corrected chi connectivity index (χ1v) is 5.58. The van der Waals surface area contributed by atoms with Crippen LogP contribution in [0.1, 0.15) is 42.8 Å². The lowest BCUT2D eigenvalue weighted by molar-refractivity contribution is -0.144. The highest BCUT2D eigenvalue weighted by atomic mass is 19.4. The maximum atomic E-state index is 12.0. The lowest BCUT2D eigenvalue weighted by Crippen LogP contribution is -2.28. The number of rotatable bonds is 4. The number of nitrogens with zero attached hydrogens (tertiary/aromatic N) is 1. The highest BCUT2D eigenvalue weighted by molar-refractivity contribution is 5.76. The molecule has 0 unspecified atom stereocenters. The number of alkyl halides is 3. The van der Waals surface area contributed by atoms with E-state index in [4.69, 9.17) is 0 Å². The quantitative estimate of drug-likeness (QED) is 0.877. The normalized spacial score (nSPS) is 13.4. The Bertz CT molecular complexity index is 406. The molecule has 1 heterocycles. The highest BCUT2D eigenvalue weighted by Crippen LogP contribution is 2.22. The summed E-state index contributed by atoms with van der Waals surface area (Å²) in [6, 6.07) is -0.357. The van der Waals surface area contributed by atoms with Crippen molar-refractivity contribution in [2.75, 3.05) is 0 Å². The van der Waals surface area contributed by atoms with Crippen LogP contribution in [0.3, 0.4) is 0 Å². The Balaban J connectivity index is 2.55. The van der Waals surface area contributed by atoms with Crippen LogP contribution < -0.4 is 5.32 Å². The van der Waals surface area contributed by atoms with Crippen LogP contribution in [0.5, 0.6) is 0 Å². The molecule has 0 radical (unpaired) electrons. The molecule has 0 aliphatic carbocycles. The third-order valence-electron chi connectivity index (χ3n) is 2.63. The first-order chi connectivity index (χ1) is 8.20. The fourth-order valence-corrected chi connectivity index (χ4v) is 1.84. The van der Waals surface area contributed by atoms with Gasteiger partial charge in [-0.2, -0.15) is 18.3 Å². The third-order valence-corrected chi connectivity index (χ3v) is 2.63. The molecule has 0 fully saturated rings. The number of carbonyl (C=O) groups is 1. The van der Waals surface area contributed by atoms with E-state index in [1.807, 2.05) is 0 Å². The van der Waals surface area contributed by atoms with Gasteiger partial charge in [0.05, 0.1) is 18.2 Å². The van der Waals surface area contributed by atoms with Gasteiger partial charge in [-0.25, -0.2) is 0 Å². The lowest BCUT2D eigenvalue weighted by Gasteiger charge is -2.15. The Morgan fingerprint density at radius 3 is 2.50 bits per heavy atom. The predicted molar refractivity (Wildman–Crippen MR) is 59.9 cm³/mol. The molecule has 2 N–H and O–H groups in total. The first kappa shape index (κ1) is 14.5. The van der Waals surface area contributed by atoms with Crippen molar-refractivity contribution in [2.24, 2.45) is 0 Å². The second kappa shape index (κ2) is 5.41. The van der Waals surface area contributed by atoms with Crippen LogP contribution in [0.2, 0.25) is 0 Å². The van der Waals surface area contributed by atoms with Gasteiger partial charge in [0.15, 0.2) is 0 Å². The Labute approximate surface area is 103 Å². The van der Waals surface area contributed by atoms with Crippen molar-refractivity contribution >= 4 is 5.91 Å². The average molecular weight is 263 g/mol. The van der Waals surface area contributed by atoms with Gasteiger partial charge < -0.3 is 5.32 Å². The predicted octanol–water partition coefficient (Wildman–Crippen LogP) is 2.55. The molecular formula is C11H16F3N3O. The summed E-state index contributed by atoms with van der Waals surface area (Å²) in [6.07, 6.45) is -5.96. The zero-order valence-corrected chi connectivity index (χ0v) is 10.5. The summed E-state index contributed by atoms with van der Waals surface area (Å²) in [4.78, 5) is 11.4. The topological polar surface area (TPSA) is 57.8 Å². The van der Waals surface area contributed by atoms with Gasteiger partial charge >= 0.3 is 6.18 Å². The van der Waals surface area contributed by atoms with Gasteiger partial charge in [0, 0.05) is 17.7 Å². The van der Waals surface area contributed by atoms with E-state index in [0.29, 0.717) is 0 Å². The van der Waals surface area contributed by atoms with Crippen molar-refractivity contribution in [2.45, 2.75) is 45.8 Å². The molecule has 18 heavy (non-hydrogen) atoms. The summed E-state index contributed by atoms with van der Waals surface area (Å²) in [5.41, 5.74) is 2.35. The summed E-state index contributed by atoms with van der Waals surface area (Å²) in [5.74, 6) is -0.611. The van der Waals surface area contributed by atoms with Crippen molar-refractivity contribution in [3.05, 3.63) is 17.0 Å². The molecule has 0 spiro atoms. The summed E-state index contributed by atoms with van der Waals surface area (Å²) in [5, 5.41) is 9.28. The maximum Gasteiger partial charge on any atom is 0.389 e. The van der Waals surface area contributed by atoms with E-state index < -0.39 is 24.9 Å². The summed E-state index contributed by atoms with van der Waals surface area (Å²) in [6.45, 7) is 5.29. The average Bonchev–Trinajstić information content (AvgIpc) is 2.54. The molecule has 1 atom stereocenters. The van der Waals surface area contributed by atoms with Gasteiger partial charge in [0.25, 0.3) is 0 Å². The number of carbonyl (C=O) groups excluding carboxylic acids is 1. The van der Waals surface area contributed by atoms with Crippen molar-refractivity contribution < 1.29 is 18.0 Å². The molecule has 0 bridgehead atoms. The highest BCUT2D eigenvalue weighted by Gasteiger charge is 2.28. The van der Waals surface area contributed by atoms with Crippen molar-refractivity contribution in [3.8, 4) is 0 Å². The summed E-state index contributed by atoms with van der Waals surface area (Å²) < 4.78 is 35.9. The molecule has 1 amide bonds. The second-order valence-electron chi connectivity index (χ2n) is 4.25.